The Morgan fingerprint density at radius 1 is 1.09 bits per heavy atom. The second-order valence-corrected chi connectivity index (χ2v) is 5.73. The first-order valence-corrected chi connectivity index (χ1v) is 7.41. The fraction of sp³-hybridized carbons (Fsp3) is 0.353. The van der Waals surface area contributed by atoms with Crippen LogP contribution in [0.25, 0.3) is 0 Å². The van der Waals surface area contributed by atoms with Gasteiger partial charge in [0.25, 0.3) is 5.91 Å². The summed E-state index contributed by atoms with van der Waals surface area (Å²) in [6, 6.07) is 6.71. The first kappa shape index (κ1) is 16.7. The van der Waals surface area contributed by atoms with Crippen molar-refractivity contribution in [1.29, 1.82) is 0 Å². The topological polar surface area (TPSA) is 86.7 Å². The third kappa shape index (κ3) is 3.77. The van der Waals surface area contributed by atoms with Gasteiger partial charge in [-0.3, -0.25) is 14.4 Å². The molecule has 1 aromatic carbocycles. The molecule has 6 nitrogen and oxygen atoms in total. The summed E-state index contributed by atoms with van der Waals surface area (Å²) in [5.74, 6) is -2.95. The zero-order chi connectivity index (χ0) is 17.0. The van der Waals surface area contributed by atoms with Crippen molar-refractivity contribution in [3.05, 3.63) is 42.0 Å². The Morgan fingerprint density at radius 3 is 2.30 bits per heavy atom. The van der Waals surface area contributed by atoms with Crippen molar-refractivity contribution in [3.8, 4) is 0 Å². The molecule has 6 heteroatoms. The molecular formula is C17H20N2O4. The Kier molecular flexibility index (Phi) is 5.16. The molecule has 2 amide bonds. The summed E-state index contributed by atoms with van der Waals surface area (Å²) in [5, 5.41) is 12.0. The average Bonchev–Trinajstić information content (AvgIpc) is 2.54. The van der Waals surface area contributed by atoms with Gasteiger partial charge in [0.05, 0.1) is 23.1 Å². The summed E-state index contributed by atoms with van der Waals surface area (Å²) in [7, 11) is 3.26. The normalized spacial score (nSPS) is 19.9. The van der Waals surface area contributed by atoms with Gasteiger partial charge in [0.2, 0.25) is 5.91 Å². The minimum absolute atomic E-state index is 0.223. The fourth-order valence-corrected chi connectivity index (χ4v) is 2.62. The van der Waals surface area contributed by atoms with Crippen LogP contribution >= 0.6 is 0 Å². The van der Waals surface area contributed by atoms with E-state index in [2.05, 4.69) is 5.32 Å². The number of amides is 2. The van der Waals surface area contributed by atoms with E-state index in [4.69, 9.17) is 0 Å². The first-order valence-electron chi connectivity index (χ1n) is 7.41. The quantitative estimate of drug-likeness (QED) is 0.832. The molecule has 1 aliphatic rings. The van der Waals surface area contributed by atoms with Crippen LogP contribution < -0.4 is 5.32 Å². The molecule has 1 aliphatic carbocycles. The molecule has 2 atom stereocenters. The number of benzene rings is 1. The maximum atomic E-state index is 12.5. The third-order valence-corrected chi connectivity index (χ3v) is 3.91. The molecule has 0 bridgehead atoms. The highest BCUT2D eigenvalue weighted by Crippen LogP contribution is 2.28. The number of aliphatic carboxylic acids is 1. The zero-order valence-corrected chi connectivity index (χ0v) is 13.2. The number of nitrogens with one attached hydrogen (secondary N) is 1. The van der Waals surface area contributed by atoms with Crippen LogP contribution in [0.15, 0.2) is 36.4 Å². The lowest BCUT2D eigenvalue weighted by Gasteiger charge is -2.24. The standard InChI is InChI=1S/C17H20N2O4/c1-19(2)16(21)13-9-5-6-10-14(13)18-15(20)11-7-3-4-8-12(11)17(22)23/h3-6,9-12H,7-8H2,1-2H3,(H,18,20)(H,22,23)/t11-,12-/m0/s1. The Bertz CT molecular complexity index is 652. The van der Waals surface area contributed by atoms with Crippen LogP contribution in [0.3, 0.4) is 0 Å². The maximum Gasteiger partial charge on any atom is 0.307 e. The van der Waals surface area contributed by atoms with Crippen molar-refractivity contribution >= 4 is 23.5 Å². The molecular weight excluding hydrogens is 296 g/mol. The molecule has 2 rings (SSSR count). The van der Waals surface area contributed by atoms with E-state index in [1.54, 1.807) is 44.4 Å². The number of hydrogen-bond acceptors (Lipinski definition) is 3. The molecule has 23 heavy (non-hydrogen) atoms. The van der Waals surface area contributed by atoms with Crippen molar-refractivity contribution in [2.24, 2.45) is 11.8 Å². The summed E-state index contributed by atoms with van der Waals surface area (Å²) >= 11 is 0. The van der Waals surface area contributed by atoms with Gasteiger partial charge < -0.3 is 15.3 Å². The average molecular weight is 316 g/mol. The molecule has 0 aliphatic heterocycles. The summed E-state index contributed by atoms with van der Waals surface area (Å²) in [5.41, 5.74) is 0.777. The predicted octanol–water partition coefficient (Wildman–Crippen LogP) is 1.99. The molecule has 0 radical (unpaired) electrons. The number of hydrogen-bond donors (Lipinski definition) is 2. The van der Waals surface area contributed by atoms with Crippen molar-refractivity contribution in [1.82, 2.24) is 4.90 Å². The van der Waals surface area contributed by atoms with Gasteiger partial charge in [-0.25, -0.2) is 0 Å². The maximum absolute atomic E-state index is 12.5. The van der Waals surface area contributed by atoms with Gasteiger partial charge in [0.15, 0.2) is 0 Å². The number of carbonyl (C=O) groups excluding carboxylic acids is 2. The lowest BCUT2D eigenvalue weighted by atomic mass is 9.82. The lowest BCUT2D eigenvalue weighted by Crippen LogP contribution is -2.35. The number of para-hydroxylation sites is 1. The smallest absolute Gasteiger partial charge is 0.307 e. The van der Waals surface area contributed by atoms with Crippen LogP contribution in [0.1, 0.15) is 23.2 Å². The van der Waals surface area contributed by atoms with Gasteiger partial charge in [-0.15, -0.1) is 0 Å². The molecule has 0 fully saturated rings. The third-order valence-electron chi connectivity index (χ3n) is 3.91. The second-order valence-electron chi connectivity index (χ2n) is 5.73. The van der Waals surface area contributed by atoms with E-state index in [1.165, 1.54) is 4.90 Å². The number of carboxylic acids is 1. The number of nitrogens with zero attached hydrogens (tertiary/aromatic N) is 1. The van der Waals surface area contributed by atoms with E-state index in [0.717, 1.165) is 0 Å². The first-order chi connectivity index (χ1) is 10.9. The summed E-state index contributed by atoms with van der Waals surface area (Å²) in [4.78, 5) is 37.4. The number of carboxylic acid groups (broad SMARTS) is 1. The second kappa shape index (κ2) is 7.09. The van der Waals surface area contributed by atoms with Crippen molar-refractivity contribution in [2.75, 3.05) is 19.4 Å². The van der Waals surface area contributed by atoms with Crippen LogP contribution in [-0.2, 0) is 9.59 Å². The van der Waals surface area contributed by atoms with Gasteiger partial charge in [0.1, 0.15) is 0 Å². The Labute approximate surface area is 134 Å². The van der Waals surface area contributed by atoms with Gasteiger partial charge in [-0.2, -0.15) is 0 Å². The van der Waals surface area contributed by atoms with E-state index >= 15 is 0 Å². The number of carbonyl (C=O) groups is 3. The number of rotatable bonds is 4. The van der Waals surface area contributed by atoms with Crippen LogP contribution in [0.4, 0.5) is 5.69 Å². The molecule has 2 N–H and O–H groups in total. The predicted molar refractivity (Wildman–Crippen MR) is 86.1 cm³/mol. The van der Waals surface area contributed by atoms with E-state index in [0.29, 0.717) is 24.1 Å². The van der Waals surface area contributed by atoms with E-state index in [9.17, 15) is 19.5 Å². The van der Waals surface area contributed by atoms with E-state index < -0.39 is 17.8 Å². The minimum Gasteiger partial charge on any atom is -0.481 e. The van der Waals surface area contributed by atoms with Gasteiger partial charge in [0, 0.05) is 14.1 Å². The highest BCUT2D eigenvalue weighted by atomic mass is 16.4. The molecule has 122 valence electrons. The van der Waals surface area contributed by atoms with Gasteiger partial charge >= 0.3 is 5.97 Å². The molecule has 0 unspecified atom stereocenters. The minimum atomic E-state index is -0.979. The van der Waals surface area contributed by atoms with Crippen molar-refractivity contribution in [3.63, 3.8) is 0 Å². The largest absolute Gasteiger partial charge is 0.481 e. The van der Waals surface area contributed by atoms with Crippen molar-refractivity contribution < 1.29 is 19.5 Å². The van der Waals surface area contributed by atoms with Crippen LogP contribution in [-0.4, -0.2) is 41.9 Å². The molecule has 0 saturated heterocycles. The highest BCUT2D eigenvalue weighted by Gasteiger charge is 2.34. The van der Waals surface area contributed by atoms with Crippen LogP contribution in [0.2, 0.25) is 0 Å². The molecule has 1 aromatic rings. The Hall–Kier alpha value is -2.63. The van der Waals surface area contributed by atoms with E-state index in [1.807, 2.05) is 6.08 Å². The summed E-state index contributed by atoms with van der Waals surface area (Å²) in [6.45, 7) is 0. The van der Waals surface area contributed by atoms with Crippen LogP contribution in [0.5, 0.6) is 0 Å². The molecule has 0 saturated carbocycles. The Morgan fingerprint density at radius 2 is 1.70 bits per heavy atom. The van der Waals surface area contributed by atoms with Crippen LogP contribution in [0, 0.1) is 11.8 Å². The van der Waals surface area contributed by atoms with Gasteiger partial charge in [-0.1, -0.05) is 24.3 Å². The molecule has 0 heterocycles. The lowest BCUT2D eigenvalue weighted by molar-refractivity contribution is -0.146. The summed E-state index contributed by atoms with van der Waals surface area (Å²) < 4.78 is 0. The van der Waals surface area contributed by atoms with Crippen molar-refractivity contribution in [2.45, 2.75) is 12.8 Å². The molecule has 0 spiro atoms. The number of allylic oxidation sites excluding steroid dienone is 2. The van der Waals surface area contributed by atoms with E-state index in [-0.39, 0.29) is 11.8 Å². The monoisotopic (exact) mass is 316 g/mol. The van der Waals surface area contributed by atoms with Gasteiger partial charge in [-0.05, 0) is 25.0 Å². The Balaban J connectivity index is 2.22. The summed E-state index contributed by atoms with van der Waals surface area (Å²) in [6.07, 6.45) is 4.32. The fourth-order valence-electron chi connectivity index (χ4n) is 2.62. The number of anilines is 1. The highest BCUT2D eigenvalue weighted by molar-refractivity contribution is 6.04. The molecule has 0 aromatic heterocycles. The SMILES string of the molecule is CN(C)C(=O)c1ccccc1NC(=O)[C@H]1CC=CC[C@@H]1C(=O)O. The zero-order valence-electron chi connectivity index (χ0n) is 13.2.